The van der Waals surface area contributed by atoms with Crippen LogP contribution in [0.25, 0.3) is 11.1 Å². The van der Waals surface area contributed by atoms with E-state index in [4.69, 9.17) is 0 Å². The molecule has 0 aromatic heterocycles. The molecular formula is C22H23N. The third-order valence-electron chi connectivity index (χ3n) is 4.05. The molecule has 0 fully saturated rings. The van der Waals surface area contributed by atoms with Crippen LogP contribution in [0.15, 0.2) is 78.9 Å². The lowest BCUT2D eigenvalue weighted by atomic mass is 10.0. The van der Waals surface area contributed by atoms with Gasteiger partial charge in [0, 0.05) is 17.4 Å². The van der Waals surface area contributed by atoms with Gasteiger partial charge in [-0.25, -0.2) is 0 Å². The zero-order valence-electron chi connectivity index (χ0n) is 14.0. The van der Waals surface area contributed by atoms with Crippen molar-refractivity contribution >= 4 is 11.4 Å². The average molecular weight is 301 g/mol. The van der Waals surface area contributed by atoms with Crippen LogP contribution in [0.4, 0.5) is 11.4 Å². The zero-order valence-corrected chi connectivity index (χ0v) is 14.0. The van der Waals surface area contributed by atoms with Crippen molar-refractivity contribution in [1.82, 2.24) is 0 Å². The predicted molar refractivity (Wildman–Crippen MR) is 100 cm³/mol. The Hall–Kier alpha value is -2.54. The van der Waals surface area contributed by atoms with Crippen LogP contribution in [0.3, 0.4) is 0 Å². The molecule has 0 atom stereocenters. The molecule has 3 aromatic rings. The highest BCUT2D eigenvalue weighted by Crippen LogP contribution is 2.30. The Balaban J connectivity index is 1.95. The molecule has 0 heterocycles. The van der Waals surface area contributed by atoms with Crippen molar-refractivity contribution in [2.45, 2.75) is 26.8 Å². The van der Waals surface area contributed by atoms with Crippen molar-refractivity contribution in [3.05, 3.63) is 84.4 Å². The highest BCUT2D eigenvalue weighted by Gasteiger charge is 2.13. The van der Waals surface area contributed by atoms with E-state index in [0.29, 0.717) is 6.04 Å². The number of benzene rings is 3. The van der Waals surface area contributed by atoms with Crippen LogP contribution in [-0.4, -0.2) is 6.04 Å². The SMILES string of the molecule is Cc1cccc(N(c2ccc(-c3ccccc3)cc2)C(C)C)c1. The molecule has 0 N–H and O–H groups in total. The Morgan fingerprint density at radius 1 is 0.652 bits per heavy atom. The summed E-state index contributed by atoms with van der Waals surface area (Å²) >= 11 is 0. The molecule has 0 aliphatic carbocycles. The molecule has 1 nitrogen and oxygen atoms in total. The van der Waals surface area contributed by atoms with Crippen LogP contribution in [0.2, 0.25) is 0 Å². The molecule has 0 bridgehead atoms. The second-order valence-electron chi connectivity index (χ2n) is 6.22. The molecular weight excluding hydrogens is 278 g/mol. The maximum Gasteiger partial charge on any atom is 0.0415 e. The van der Waals surface area contributed by atoms with E-state index < -0.39 is 0 Å². The third-order valence-corrected chi connectivity index (χ3v) is 4.05. The van der Waals surface area contributed by atoms with E-state index >= 15 is 0 Å². The average Bonchev–Trinajstić information content (AvgIpc) is 2.56. The van der Waals surface area contributed by atoms with Crippen LogP contribution in [-0.2, 0) is 0 Å². The van der Waals surface area contributed by atoms with Crippen LogP contribution < -0.4 is 4.90 Å². The van der Waals surface area contributed by atoms with Crippen LogP contribution in [0.5, 0.6) is 0 Å². The van der Waals surface area contributed by atoms with Gasteiger partial charge in [-0.2, -0.15) is 0 Å². The fourth-order valence-electron chi connectivity index (χ4n) is 2.97. The minimum Gasteiger partial charge on any atom is -0.339 e. The van der Waals surface area contributed by atoms with Crippen LogP contribution in [0, 0.1) is 6.92 Å². The molecule has 0 saturated heterocycles. The van der Waals surface area contributed by atoms with Gasteiger partial charge >= 0.3 is 0 Å². The van der Waals surface area contributed by atoms with E-state index in [1.165, 1.54) is 28.1 Å². The number of nitrogens with zero attached hydrogens (tertiary/aromatic N) is 1. The van der Waals surface area contributed by atoms with E-state index in [9.17, 15) is 0 Å². The first-order valence-electron chi connectivity index (χ1n) is 8.16. The topological polar surface area (TPSA) is 3.24 Å². The number of anilines is 2. The summed E-state index contributed by atoms with van der Waals surface area (Å²) in [6.45, 7) is 6.60. The lowest BCUT2D eigenvalue weighted by Crippen LogP contribution is -2.25. The standard InChI is InChI=1S/C22H23N/c1-17(2)23(22-11-7-8-18(3)16-22)21-14-12-20(13-15-21)19-9-5-4-6-10-19/h4-17H,1-3H3. The number of rotatable bonds is 4. The Bertz CT molecular complexity index is 757. The quantitative estimate of drug-likeness (QED) is 0.554. The van der Waals surface area contributed by atoms with Crippen LogP contribution >= 0.6 is 0 Å². The molecule has 0 radical (unpaired) electrons. The molecule has 0 aliphatic rings. The largest absolute Gasteiger partial charge is 0.339 e. The fraction of sp³-hybridized carbons (Fsp3) is 0.182. The van der Waals surface area contributed by atoms with Crippen molar-refractivity contribution in [2.75, 3.05) is 4.90 Å². The van der Waals surface area contributed by atoms with E-state index in [0.717, 1.165) is 0 Å². The Labute approximate surface area is 139 Å². The van der Waals surface area contributed by atoms with Crippen molar-refractivity contribution < 1.29 is 0 Å². The summed E-state index contributed by atoms with van der Waals surface area (Å²) in [5, 5.41) is 0. The maximum absolute atomic E-state index is 2.38. The van der Waals surface area contributed by atoms with Crippen LogP contribution in [0.1, 0.15) is 19.4 Å². The van der Waals surface area contributed by atoms with Gasteiger partial charge in [0.05, 0.1) is 0 Å². The first-order chi connectivity index (χ1) is 11.1. The van der Waals surface area contributed by atoms with Crippen molar-refractivity contribution in [2.24, 2.45) is 0 Å². The molecule has 0 unspecified atom stereocenters. The normalized spacial score (nSPS) is 10.8. The molecule has 116 valence electrons. The second kappa shape index (κ2) is 6.70. The number of aryl methyl sites for hydroxylation is 1. The summed E-state index contributed by atoms with van der Waals surface area (Å²) in [4.78, 5) is 2.38. The molecule has 0 aliphatic heterocycles. The zero-order chi connectivity index (χ0) is 16.2. The van der Waals surface area contributed by atoms with Gasteiger partial charge in [-0.1, -0.05) is 54.6 Å². The maximum atomic E-state index is 2.38. The molecule has 23 heavy (non-hydrogen) atoms. The summed E-state index contributed by atoms with van der Waals surface area (Å²) in [5.74, 6) is 0. The molecule has 3 aromatic carbocycles. The van der Waals surface area contributed by atoms with Gasteiger partial charge in [-0.05, 0) is 61.7 Å². The minimum absolute atomic E-state index is 0.402. The van der Waals surface area contributed by atoms with E-state index in [1.807, 2.05) is 0 Å². The van der Waals surface area contributed by atoms with Gasteiger partial charge in [0.25, 0.3) is 0 Å². The van der Waals surface area contributed by atoms with Gasteiger partial charge in [0.15, 0.2) is 0 Å². The molecule has 0 spiro atoms. The Morgan fingerprint density at radius 2 is 1.30 bits per heavy atom. The van der Waals surface area contributed by atoms with E-state index in [-0.39, 0.29) is 0 Å². The van der Waals surface area contributed by atoms with Crippen molar-refractivity contribution in [3.8, 4) is 11.1 Å². The van der Waals surface area contributed by atoms with Gasteiger partial charge in [0.2, 0.25) is 0 Å². The van der Waals surface area contributed by atoms with E-state index in [1.54, 1.807) is 0 Å². The molecule has 0 saturated carbocycles. The third kappa shape index (κ3) is 3.45. The Kier molecular flexibility index (Phi) is 4.47. The summed E-state index contributed by atoms with van der Waals surface area (Å²) in [5.41, 5.74) is 6.26. The Morgan fingerprint density at radius 3 is 1.91 bits per heavy atom. The number of hydrogen-bond donors (Lipinski definition) is 0. The molecule has 3 rings (SSSR count). The lowest BCUT2D eigenvalue weighted by molar-refractivity contribution is 0.788. The smallest absolute Gasteiger partial charge is 0.0415 e. The van der Waals surface area contributed by atoms with Gasteiger partial charge in [-0.3, -0.25) is 0 Å². The summed E-state index contributed by atoms with van der Waals surface area (Å²) in [6, 6.07) is 28.4. The van der Waals surface area contributed by atoms with Gasteiger partial charge in [-0.15, -0.1) is 0 Å². The fourth-order valence-corrected chi connectivity index (χ4v) is 2.97. The summed E-state index contributed by atoms with van der Waals surface area (Å²) in [6.07, 6.45) is 0. The molecule has 1 heteroatoms. The summed E-state index contributed by atoms with van der Waals surface area (Å²) in [7, 11) is 0. The van der Waals surface area contributed by atoms with Crippen molar-refractivity contribution in [3.63, 3.8) is 0 Å². The first kappa shape index (κ1) is 15.4. The first-order valence-corrected chi connectivity index (χ1v) is 8.16. The van der Waals surface area contributed by atoms with E-state index in [2.05, 4.69) is 105 Å². The molecule has 0 amide bonds. The van der Waals surface area contributed by atoms with Gasteiger partial charge in [0.1, 0.15) is 0 Å². The monoisotopic (exact) mass is 301 g/mol. The van der Waals surface area contributed by atoms with Crippen molar-refractivity contribution in [1.29, 1.82) is 0 Å². The highest BCUT2D eigenvalue weighted by molar-refractivity contribution is 5.70. The highest BCUT2D eigenvalue weighted by atomic mass is 15.2. The summed E-state index contributed by atoms with van der Waals surface area (Å²) < 4.78 is 0. The predicted octanol–water partition coefficient (Wildman–Crippen LogP) is 6.21. The second-order valence-corrected chi connectivity index (χ2v) is 6.22. The lowest BCUT2D eigenvalue weighted by Gasteiger charge is -2.29. The minimum atomic E-state index is 0.402. The number of hydrogen-bond acceptors (Lipinski definition) is 1. The van der Waals surface area contributed by atoms with Gasteiger partial charge < -0.3 is 4.90 Å².